The molecule has 0 bridgehead atoms. The smallest absolute Gasteiger partial charge is 0.276 e. The summed E-state index contributed by atoms with van der Waals surface area (Å²) in [5.74, 6) is 0.0283. The summed E-state index contributed by atoms with van der Waals surface area (Å²) in [6.45, 7) is 4.27. The fourth-order valence-electron chi connectivity index (χ4n) is 2.17. The normalized spacial score (nSPS) is 20.6. The minimum absolute atomic E-state index is 0.0283. The second-order valence-electron chi connectivity index (χ2n) is 4.77. The Morgan fingerprint density at radius 3 is 2.59 bits per heavy atom. The first kappa shape index (κ1) is 12.3. The summed E-state index contributed by atoms with van der Waals surface area (Å²) >= 11 is 0. The first-order valence-electron chi connectivity index (χ1n) is 5.46. The zero-order chi connectivity index (χ0) is 12.7. The van der Waals surface area contributed by atoms with E-state index in [0.29, 0.717) is 12.8 Å². The Morgan fingerprint density at radius 1 is 1.41 bits per heavy atom. The maximum absolute atomic E-state index is 12.3. The lowest BCUT2D eigenvalue weighted by Gasteiger charge is -2.29. The summed E-state index contributed by atoms with van der Waals surface area (Å²) in [5, 5.41) is -0.158. The average Bonchev–Trinajstić information content (AvgIpc) is 2.83. The van der Waals surface area contributed by atoms with Crippen LogP contribution in [0.25, 0.3) is 0 Å². The van der Waals surface area contributed by atoms with Crippen molar-refractivity contribution in [3.8, 4) is 0 Å². The number of furan rings is 1. The van der Waals surface area contributed by atoms with Crippen LogP contribution >= 0.6 is 0 Å². The van der Waals surface area contributed by atoms with Gasteiger partial charge in [-0.2, -0.15) is 4.31 Å². The fraction of sp³-hybridized carbons (Fsp3) is 0.545. The van der Waals surface area contributed by atoms with Crippen molar-refractivity contribution in [1.82, 2.24) is 4.31 Å². The van der Waals surface area contributed by atoms with E-state index >= 15 is 0 Å². The molecule has 1 aromatic heterocycles. The van der Waals surface area contributed by atoms with Crippen LogP contribution in [0, 0.1) is 0 Å². The second-order valence-corrected chi connectivity index (χ2v) is 6.56. The summed E-state index contributed by atoms with van der Waals surface area (Å²) in [6.07, 6.45) is 2.16. The van der Waals surface area contributed by atoms with Crippen molar-refractivity contribution >= 4 is 16.3 Å². The molecule has 0 amide bonds. The Balaban J connectivity index is 2.39. The van der Waals surface area contributed by atoms with Gasteiger partial charge in [-0.15, -0.1) is 0 Å². The summed E-state index contributed by atoms with van der Waals surface area (Å²) < 4.78 is 31.0. The van der Waals surface area contributed by atoms with Crippen LogP contribution in [0.2, 0.25) is 0 Å². The Kier molecular flexibility index (Phi) is 2.87. The minimum atomic E-state index is -3.63. The Labute approximate surface area is 100 Å². The third kappa shape index (κ3) is 2.02. The molecular weight excluding hydrogens is 242 g/mol. The van der Waals surface area contributed by atoms with Crippen molar-refractivity contribution in [2.45, 2.75) is 37.3 Å². The molecule has 1 aliphatic rings. The molecule has 2 heterocycles. The fourth-order valence-corrected chi connectivity index (χ4v) is 3.94. The van der Waals surface area contributed by atoms with Gasteiger partial charge in [0.15, 0.2) is 12.0 Å². The lowest BCUT2D eigenvalue weighted by molar-refractivity contribution is 0.109. The topological polar surface area (TPSA) is 67.6 Å². The van der Waals surface area contributed by atoms with E-state index in [4.69, 9.17) is 4.42 Å². The van der Waals surface area contributed by atoms with Gasteiger partial charge in [-0.25, -0.2) is 8.42 Å². The van der Waals surface area contributed by atoms with E-state index in [0.717, 1.165) is 12.8 Å². The third-order valence-electron chi connectivity index (χ3n) is 3.09. The van der Waals surface area contributed by atoms with E-state index in [1.165, 1.54) is 16.4 Å². The first-order chi connectivity index (χ1) is 7.88. The number of hydrogen-bond acceptors (Lipinski definition) is 4. The SMILES string of the molecule is CC1(C)CCCN1S(=O)(=O)c1ccc(C=O)o1. The Bertz CT molecular complexity index is 529. The van der Waals surface area contributed by atoms with Crippen molar-refractivity contribution < 1.29 is 17.6 Å². The van der Waals surface area contributed by atoms with Gasteiger partial charge in [0.05, 0.1) is 0 Å². The predicted molar refractivity (Wildman–Crippen MR) is 61.3 cm³/mol. The van der Waals surface area contributed by atoms with Crippen molar-refractivity contribution in [1.29, 1.82) is 0 Å². The van der Waals surface area contributed by atoms with E-state index < -0.39 is 15.6 Å². The van der Waals surface area contributed by atoms with Gasteiger partial charge >= 0.3 is 0 Å². The molecule has 0 saturated carbocycles. The number of carbonyl (C=O) groups excluding carboxylic acids is 1. The Hall–Kier alpha value is -1.14. The van der Waals surface area contributed by atoms with Crippen LogP contribution in [-0.2, 0) is 10.0 Å². The van der Waals surface area contributed by atoms with Gasteiger partial charge in [-0.3, -0.25) is 4.79 Å². The first-order valence-corrected chi connectivity index (χ1v) is 6.90. The molecule has 0 spiro atoms. The Morgan fingerprint density at radius 2 is 2.12 bits per heavy atom. The van der Waals surface area contributed by atoms with Gasteiger partial charge in [0.2, 0.25) is 5.09 Å². The summed E-state index contributed by atoms with van der Waals surface area (Å²) in [5.41, 5.74) is -0.396. The van der Waals surface area contributed by atoms with Crippen LogP contribution < -0.4 is 0 Å². The number of rotatable bonds is 3. The average molecular weight is 257 g/mol. The zero-order valence-corrected chi connectivity index (χ0v) is 10.7. The molecule has 0 N–H and O–H groups in total. The number of hydrogen-bond donors (Lipinski definition) is 0. The lowest BCUT2D eigenvalue weighted by Crippen LogP contribution is -2.42. The molecule has 94 valence electrons. The minimum Gasteiger partial charge on any atom is -0.440 e. The molecule has 0 aliphatic carbocycles. The van der Waals surface area contributed by atoms with Crippen LogP contribution in [0.5, 0.6) is 0 Å². The number of aldehydes is 1. The van der Waals surface area contributed by atoms with Crippen molar-refractivity contribution in [2.75, 3.05) is 6.54 Å². The maximum atomic E-state index is 12.3. The highest BCUT2D eigenvalue weighted by atomic mass is 32.2. The quantitative estimate of drug-likeness (QED) is 0.772. The third-order valence-corrected chi connectivity index (χ3v) is 5.07. The van der Waals surface area contributed by atoms with E-state index in [2.05, 4.69) is 0 Å². The van der Waals surface area contributed by atoms with Crippen LogP contribution in [-0.4, -0.2) is 31.1 Å². The van der Waals surface area contributed by atoms with Gasteiger partial charge in [-0.05, 0) is 38.8 Å². The van der Waals surface area contributed by atoms with Crippen LogP contribution in [0.4, 0.5) is 0 Å². The van der Waals surface area contributed by atoms with Gasteiger partial charge in [0.25, 0.3) is 10.0 Å². The monoisotopic (exact) mass is 257 g/mol. The number of sulfonamides is 1. The molecule has 1 saturated heterocycles. The zero-order valence-electron chi connectivity index (χ0n) is 9.84. The maximum Gasteiger partial charge on any atom is 0.276 e. The van der Waals surface area contributed by atoms with Crippen LogP contribution in [0.1, 0.15) is 37.2 Å². The van der Waals surface area contributed by atoms with Gasteiger partial charge < -0.3 is 4.42 Å². The largest absolute Gasteiger partial charge is 0.440 e. The predicted octanol–water partition coefficient (Wildman–Crippen LogP) is 1.66. The molecule has 6 heteroatoms. The van der Waals surface area contributed by atoms with Crippen molar-refractivity contribution in [3.05, 3.63) is 17.9 Å². The van der Waals surface area contributed by atoms with Crippen molar-refractivity contribution in [2.24, 2.45) is 0 Å². The molecule has 0 aromatic carbocycles. The molecule has 0 atom stereocenters. The molecule has 1 aromatic rings. The standard InChI is InChI=1S/C11H15NO4S/c1-11(2)6-3-7-12(11)17(14,15)10-5-4-9(8-13)16-10/h4-5,8H,3,6-7H2,1-2H3. The molecule has 2 rings (SSSR count). The van der Waals surface area contributed by atoms with Gasteiger partial charge in [0, 0.05) is 12.1 Å². The highest BCUT2D eigenvalue weighted by Crippen LogP contribution is 2.34. The summed E-state index contributed by atoms with van der Waals surface area (Å²) in [4.78, 5) is 10.5. The van der Waals surface area contributed by atoms with E-state index in [1.807, 2.05) is 13.8 Å². The molecule has 0 unspecified atom stereocenters. The summed E-state index contributed by atoms with van der Waals surface area (Å²) in [7, 11) is -3.63. The highest BCUT2D eigenvalue weighted by Gasteiger charge is 2.42. The molecule has 1 fully saturated rings. The van der Waals surface area contributed by atoms with Crippen molar-refractivity contribution in [3.63, 3.8) is 0 Å². The molecule has 17 heavy (non-hydrogen) atoms. The van der Waals surface area contributed by atoms with Gasteiger partial charge in [-0.1, -0.05) is 0 Å². The molecular formula is C11H15NO4S. The van der Waals surface area contributed by atoms with Crippen LogP contribution in [0.15, 0.2) is 21.6 Å². The van der Waals surface area contributed by atoms with Gasteiger partial charge in [0.1, 0.15) is 0 Å². The summed E-state index contributed by atoms with van der Waals surface area (Å²) in [6, 6.07) is 2.69. The molecule has 0 radical (unpaired) electrons. The lowest BCUT2D eigenvalue weighted by atomic mass is 10.0. The molecule has 5 nitrogen and oxygen atoms in total. The van der Waals surface area contributed by atoms with E-state index in [-0.39, 0.29) is 10.9 Å². The number of carbonyl (C=O) groups is 1. The molecule has 1 aliphatic heterocycles. The van der Waals surface area contributed by atoms with E-state index in [1.54, 1.807) is 0 Å². The second kappa shape index (κ2) is 3.96. The highest BCUT2D eigenvalue weighted by molar-refractivity contribution is 7.89. The number of nitrogens with zero attached hydrogens (tertiary/aromatic N) is 1. The van der Waals surface area contributed by atoms with E-state index in [9.17, 15) is 13.2 Å². The van der Waals surface area contributed by atoms with Crippen LogP contribution in [0.3, 0.4) is 0 Å².